The van der Waals surface area contributed by atoms with E-state index in [-0.39, 0.29) is 0 Å². The van der Waals surface area contributed by atoms with E-state index >= 15 is 0 Å². The van der Waals surface area contributed by atoms with Gasteiger partial charge in [-0.25, -0.2) is 14.6 Å². The molecule has 0 saturated heterocycles. The van der Waals surface area contributed by atoms with Crippen LogP contribution in [0.4, 0.5) is 0 Å². The van der Waals surface area contributed by atoms with Gasteiger partial charge in [0.1, 0.15) is 12.7 Å². The van der Waals surface area contributed by atoms with Crippen LogP contribution < -0.4 is 0 Å². The fourth-order valence-corrected chi connectivity index (χ4v) is 1.41. The van der Waals surface area contributed by atoms with Crippen LogP contribution in [0.3, 0.4) is 0 Å². The van der Waals surface area contributed by atoms with E-state index in [1.807, 2.05) is 18.3 Å². The molecule has 2 aromatic rings. The average molecular weight is 206 g/mol. The molecule has 0 N–H and O–H groups in total. The molecule has 0 unspecified atom stereocenters. The molecule has 0 aromatic carbocycles. The number of hydrogen-bond acceptors (Lipinski definition) is 4. The third-order valence-corrected chi connectivity index (χ3v) is 2.09. The van der Waals surface area contributed by atoms with Crippen LogP contribution in [0.5, 0.6) is 0 Å². The van der Waals surface area contributed by atoms with Crippen LogP contribution in [-0.2, 0) is 6.42 Å². The predicted octanol–water partition coefficient (Wildman–Crippen LogP) is 1.13. The first kappa shape index (κ1) is 9.21. The summed E-state index contributed by atoms with van der Waals surface area (Å²) in [7, 11) is 0. The normalized spacial score (nSPS) is 10.4. The van der Waals surface area contributed by atoms with Gasteiger partial charge < -0.3 is 0 Å². The Morgan fingerprint density at radius 2 is 2.29 bits per heavy atom. The van der Waals surface area contributed by atoms with Gasteiger partial charge in [0.15, 0.2) is 5.82 Å². The largest absolute Gasteiger partial charge is 0.237 e. The van der Waals surface area contributed by atoms with Gasteiger partial charge in [0.05, 0.1) is 0 Å². The van der Waals surface area contributed by atoms with E-state index in [0.29, 0.717) is 0 Å². The first-order valence-corrected chi connectivity index (χ1v) is 4.94. The minimum atomic E-state index is 0.783. The third kappa shape index (κ3) is 1.93. The highest BCUT2D eigenvalue weighted by Gasteiger charge is 1.97. The van der Waals surface area contributed by atoms with Crippen LogP contribution in [0.15, 0.2) is 31.0 Å². The van der Waals surface area contributed by atoms with Gasteiger partial charge in [0.25, 0.3) is 0 Å². The van der Waals surface area contributed by atoms with Crippen molar-refractivity contribution >= 4 is 12.6 Å². The van der Waals surface area contributed by atoms with Crippen molar-refractivity contribution in [2.45, 2.75) is 6.42 Å². The van der Waals surface area contributed by atoms with E-state index in [9.17, 15) is 0 Å². The highest BCUT2D eigenvalue weighted by Crippen LogP contribution is 2.04. The van der Waals surface area contributed by atoms with Crippen LogP contribution >= 0.6 is 12.6 Å². The summed E-state index contributed by atoms with van der Waals surface area (Å²) in [4.78, 5) is 8.12. The predicted molar refractivity (Wildman–Crippen MR) is 56.7 cm³/mol. The molecule has 0 aliphatic rings. The zero-order chi connectivity index (χ0) is 9.80. The fourth-order valence-electron chi connectivity index (χ4n) is 1.16. The van der Waals surface area contributed by atoms with E-state index in [2.05, 4.69) is 27.7 Å². The van der Waals surface area contributed by atoms with Crippen LogP contribution in [-0.4, -0.2) is 25.5 Å². The molecule has 0 fully saturated rings. The summed E-state index contributed by atoms with van der Waals surface area (Å²) in [6.45, 7) is 0. The van der Waals surface area contributed by atoms with Crippen molar-refractivity contribution in [2.75, 3.05) is 5.75 Å². The van der Waals surface area contributed by atoms with Crippen molar-refractivity contribution in [3.63, 3.8) is 0 Å². The van der Waals surface area contributed by atoms with Gasteiger partial charge in [-0.3, -0.25) is 0 Å². The molecule has 5 heteroatoms. The van der Waals surface area contributed by atoms with Crippen molar-refractivity contribution in [1.29, 1.82) is 0 Å². The van der Waals surface area contributed by atoms with Crippen LogP contribution in [0.2, 0.25) is 0 Å². The van der Waals surface area contributed by atoms with E-state index in [0.717, 1.165) is 18.0 Å². The molecule has 2 rings (SSSR count). The highest BCUT2D eigenvalue weighted by molar-refractivity contribution is 7.80. The zero-order valence-electron chi connectivity index (χ0n) is 7.54. The van der Waals surface area contributed by atoms with Crippen molar-refractivity contribution in [3.05, 3.63) is 36.5 Å². The molecule has 0 radical (unpaired) electrons. The Morgan fingerprint density at radius 1 is 1.36 bits per heavy atom. The molecule has 0 saturated carbocycles. The SMILES string of the molecule is SCCc1ccc(-n2cncn2)nc1. The first-order valence-electron chi connectivity index (χ1n) is 4.31. The van der Waals surface area contributed by atoms with Gasteiger partial charge in [-0.15, -0.1) is 0 Å². The standard InChI is InChI=1S/C9H10N4S/c14-4-3-8-1-2-9(11-5-8)13-7-10-6-12-13/h1-2,5-7,14H,3-4H2. The summed E-state index contributed by atoms with van der Waals surface area (Å²) in [5.41, 5.74) is 1.18. The quantitative estimate of drug-likeness (QED) is 0.766. The number of nitrogens with zero attached hydrogens (tertiary/aromatic N) is 4. The molecule has 0 atom stereocenters. The second-order valence-electron chi connectivity index (χ2n) is 2.84. The maximum Gasteiger partial charge on any atom is 0.155 e. The van der Waals surface area contributed by atoms with E-state index in [1.165, 1.54) is 11.9 Å². The maximum atomic E-state index is 4.27. The lowest BCUT2D eigenvalue weighted by Crippen LogP contribution is -1.98. The lowest BCUT2D eigenvalue weighted by molar-refractivity contribution is 0.842. The molecule has 0 aliphatic carbocycles. The van der Waals surface area contributed by atoms with Crippen molar-refractivity contribution in [2.24, 2.45) is 0 Å². The Morgan fingerprint density at radius 3 is 2.86 bits per heavy atom. The second kappa shape index (κ2) is 4.23. The van der Waals surface area contributed by atoms with Crippen LogP contribution in [0.1, 0.15) is 5.56 Å². The number of aryl methyl sites for hydroxylation is 1. The summed E-state index contributed by atoms with van der Waals surface area (Å²) in [5, 5.41) is 3.99. The molecule has 0 spiro atoms. The lowest BCUT2D eigenvalue weighted by atomic mass is 10.2. The van der Waals surface area contributed by atoms with Crippen molar-refractivity contribution in [1.82, 2.24) is 19.7 Å². The summed E-state index contributed by atoms with van der Waals surface area (Å²) >= 11 is 4.16. The second-order valence-corrected chi connectivity index (χ2v) is 3.29. The van der Waals surface area contributed by atoms with Gasteiger partial charge in [0, 0.05) is 6.20 Å². The number of thiol groups is 1. The molecular weight excluding hydrogens is 196 g/mol. The van der Waals surface area contributed by atoms with Gasteiger partial charge in [-0.05, 0) is 23.8 Å². The Labute approximate surface area is 87.4 Å². The Hall–Kier alpha value is -1.36. The minimum absolute atomic E-state index is 0.783. The molecular formula is C9H10N4S. The fraction of sp³-hybridized carbons (Fsp3) is 0.222. The van der Waals surface area contributed by atoms with Gasteiger partial charge >= 0.3 is 0 Å². The van der Waals surface area contributed by atoms with Crippen molar-refractivity contribution < 1.29 is 0 Å². The lowest BCUT2D eigenvalue weighted by Gasteiger charge is -2.00. The van der Waals surface area contributed by atoms with E-state index in [1.54, 1.807) is 11.0 Å². The van der Waals surface area contributed by atoms with Crippen molar-refractivity contribution in [3.8, 4) is 5.82 Å². The molecule has 2 aromatic heterocycles. The third-order valence-electron chi connectivity index (χ3n) is 1.86. The average Bonchev–Trinajstić information content (AvgIpc) is 2.72. The smallest absolute Gasteiger partial charge is 0.155 e. The van der Waals surface area contributed by atoms with Crippen LogP contribution in [0, 0.1) is 0 Å². The minimum Gasteiger partial charge on any atom is -0.237 e. The summed E-state index contributed by atoms with van der Waals surface area (Å²) in [5.74, 6) is 1.62. The Kier molecular flexibility index (Phi) is 2.78. The number of rotatable bonds is 3. The Balaban J connectivity index is 2.22. The van der Waals surface area contributed by atoms with Gasteiger partial charge in [-0.2, -0.15) is 17.7 Å². The molecule has 0 amide bonds. The van der Waals surface area contributed by atoms with Crippen LogP contribution in [0.25, 0.3) is 5.82 Å². The number of aromatic nitrogens is 4. The summed E-state index contributed by atoms with van der Waals surface area (Å²) < 4.78 is 1.63. The summed E-state index contributed by atoms with van der Waals surface area (Å²) in [6, 6.07) is 3.95. The monoisotopic (exact) mass is 206 g/mol. The molecule has 72 valence electrons. The molecule has 2 heterocycles. The molecule has 14 heavy (non-hydrogen) atoms. The zero-order valence-corrected chi connectivity index (χ0v) is 8.43. The first-order chi connectivity index (χ1) is 6.90. The summed E-state index contributed by atoms with van der Waals surface area (Å²) in [6.07, 6.45) is 5.89. The van der Waals surface area contributed by atoms with Gasteiger partial charge in [-0.1, -0.05) is 6.07 Å². The maximum absolute atomic E-state index is 4.27. The Bertz CT molecular complexity index is 382. The molecule has 4 nitrogen and oxygen atoms in total. The highest BCUT2D eigenvalue weighted by atomic mass is 32.1. The van der Waals surface area contributed by atoms with E-state index < -0.39 is 0 Å². The molecule has 0 aliphatic heterocycles. The van der Waals surface area contributed by atoms with Gasteiger partial charge in [0.2, 0.25) is 0 Å². The number of pyridine rings is 1. The topological polar surface area (TPSA) is 43.6 Å². The molecule has 0 bridgehead atoms. The number of hydrogen-bond donors (Lipinski definition) is 1. The van der Waals surface area contributed by atoms with E-state index in [4.69, 9.17) is 0 Å².